The average molecular weight is 447 g/mol. The first-order valence-electron chi connectivity index (χ1n) is 8.34. The summed E-state index contributed by atoms with van der Waals surface area (Å²) < 4.78 is 28.3. The Kier molecular flexibility index (Phi) is 6.81. The number of nitrogens with zero attached hydrogens (tertiary/aromatic N) is 1. The van der Waals surface area contributed by atoms with Gasteiger partial charge in [-0.05, 0) is 65.7 Å². The highest BCUT2D eigenvalue weighted by Gasteiger charge is 2.26. The summed E-state index contributed by atoms with van der Waals surface area (Å²) in [6, 6.07) is 3.96. The van der Waals surface area contributed by atoms with Gasteiger partial charge in [0.1, 0.15) is 0 Å². The number of sulfonamides is 1. The molecule has 0 radical (unpaired) electrons. The van der Waals surface area contributed by atoms with Gasteiger partial charge in [-0.15, -0.1) is 0 Å². The Bertz CT molecular complexity index is 788. The number of carbonyl (C=O) groups excluding carboxylic acids is 2. The van der Waals surface area contributed by atoms with E-state index >= 15 is 0 Å². The van der Waals surface area contributed by atoms with E-state index in [1.165, 1.54) is 12.1 Å². The van der Waals surface area contributed by atoms with E-state index < -0.39 is 22.6 Å². The molecule has 2 N–H and O–H groups in total. The minimum Gasteiger partial charge on any atom is -0.452 e. The first kappa shape index (κ1) is 20.9. The molecule has 7 nitrogen and oxygen atoms in total. The second-order valence-corrected chi connectivity index (χ2v) is 9.10. The van der Waals surface area contributed by atoms with Crippen LogP contribution >= 0.6 is 15.9 Å². The van der Waals surface area contributed by atoms with Crippen LogP contribution in [0.15, 0.2) is 27.6 Å². The van der Waals surface area contributed by atoms with Gasteiger partial charge in [-0.1, -0.05) is 6.92 Å². The van der Waals surface area contributed by atoms with E-state index in [2.05, 4.69) is 22.9 Å². The zero-order valence-electron chi connectivity index (χ0n) is 14.8. The maximum atomic E-state index is 12.3. The number of hydrogen-bond acceptors (Lipinski definition) is 5. The van der Waals surface area contributed by atoms with Gasteiger partial charge in [-0.2, -0.15) is 0 Å². The number of primary sulfonamides is 1. The minimum absolute atomic E-state index is 0.00142. The van der Waals surface area contributed by atoms with Gasteiger partial charge in [0.05, 0.1) is 10.5 Å². The van der Waals surface area contributed by atoms with Gasteiger partial charge >= 0.3 is 5.97 Å². The summed E-state index contributed by atoms with van der Waals surface area (Å²) in [5.74, 6) is -0.394. The summed E-state index contributed by atoms with van der Waals surface area (Å²) >= 11 is 3.17. The number of benzene rings is 1. The summed E-state index contributed by atoms with van der Waals surface area (Å²) in [4.78, 5) is 26.0. The number of amides is 1. The van der Waals surface area contributed by atoms with Crippen molar-refractivity contribution in [3.8, 4) is 0 Å². The molecule has 0 aliphatic heterocycles. The average Bonchev–Trinajstić information content (AvgIpc) is 2.58. The van der Waals surface area contributed by atoms with Crippen molar-refractivity contribution in [2.24, 2.45) is 11.1 Å². The van der Waals surface area contributed by atoms with Crippen LogP contribution in [-0.4, -0.2) is 44.9 Å². The SMILES string of the molecule is CC1CCC(N(C)C(=O)COC(=O)c2cc(S(N)(=O)=O)ccc2Br)CC1. The lowest BCUT2D eigenvalue weighted by molar-refractivity contribution is -0.136. The Labute approximate surface area is 162 Å². The minimum atomic E-state index is -3.94. The maximum Gasteiger partial charge on any atom is 0.339 e. The van der Waals surface area contributed by atoms with Crippen LogP contribution in [0.2, 0.25) is 0 Å². The van der Waals surface area contributed by atoms with Gasteiger partial charge in [0, 0.05) is 17.6 Å². The van der Waals surface area contributed by atoms with Crippen LogP contribution in [0.4, 0.5) is 0 Å². The summed E-state index contributed by atoms with van der Waals surface area (Å²) in [6.45, 7) is 1.81. The molecule has 26 heavy (non-hydrogen) atoms. The predicted molar refractivity (Wildman–Crippen MR) is 100.0 cm³/mol. The van der Waals surface area contributed by atoms with E-state index in [1.54, 1.807) is 11.9 Å². The summed E-state index contributed by atoms with van der Waals surface area (Å²) in [5, 5.41) is 5.07. The van der Waals surface area contributed by atoms with E-state index in [0.717, 1.165) is 31.7 Å². The van der Waals surface area contributed by atoms with Crippen molar-refractivity contribution < 1.29 is 22.7 Å². The molecule has 1 aromatic rings. The van der Waals surface area contributed by atoms with Crippen molar-refractivity contribution in [3.63, 3.8) is 0 Å². The van der Waals surface area contributed by atoms with Gasteiger partial charge in [0.25, 0.3) is 5.91 Å². The Morgan fingerprint density at radius 2 is 1.88 bits per heavy atom. The molecule has 0 unspecified atom stereocenters. The Morgan fingerprint density at radius 3 is 2.46 bits per heavy atom. The Morgan fingerprint density at radius 1 is 1.27 bits per heavy atom. The lowest BCUT2D eigenvalue weighted by Crippen LogP contribution is -2.41. The highest BCUT2D eigenvalue weighted by molar-refractivity contribution is 9.10. The fraction of sp³-hybridized carbons (Fsp3) is 0.529. The third kappa shape index (κ3) is 5.28. The quantitative estimate of drug-likeness (QED) is 0.698. The molecule has 2 rings (SSSR count). The second kappa shape index (κ2) is 8.49. The first-order valence-corrected chi connectivity index (χ1v) is 10.7. The first-order chi connectivity index (χ1) is 12.1. The van der Waals surface area contributed by atoms with Crippen LogP contribution in [-0.2, 0) is 19.6 Å². The van der Waals surface area contributed by atoms with Crippen LogP contribution in [0, 0.1) is 5.92 Å². The molecule has 1 aromatic carbocycles. The Hall–Kier alpha value is -1.45. The summed E-state index contributed by atoms with van der Waals surface area (Å²) in [7, 11) is -2.23. The van der Waals surface area contributed by atoms with Crippen molar-refractivity contribution >= 4 is 37.8 Å². The number of ether oxygens (including phenoxy) is 1. The summed E-state index contributed by atoms with van der Waals surface area (Å²) in [6.07, 6.45) is 4.05. The molecule has 1 saturated carbocycles. The molecule has 9 heteroatoms. The highest BCUT2D eigenvalue weighted by atomic mass is 79.9. The van der Waals surface area contributed by atoms with Gasteiger partial charge in [0.15, 0.2) is 6.61 Å². The third-order valence-electron chi connectivity index (χ3n) is 4.74. The van der Waals surface area contributed by atoms with E-state index in [0.29, 0.717) is 10.4 Å². The van der Waals surface area contributed by atoms with Crippen molar-refractivity contribution in [2.45, 2.75) is 43.5 Å². The maximum absolute atomic E-state index is 12.3. The smallest absolute Gasteiger partial charge is 0.339 e. The molecule has 0 bridgehead atoms. The predicted octanol–water partition coefficient (Wildman–Crippen LogP) is 2.29. The standard InChI is InChI=1S/C17H23BrN2O5S/c1-11-3-5-12(6-4-11)20(2)16(21)10-25-17(22)14-9-13(26(19,23)24)7-8-15(14)18/h7-9,11-12H,3-6,10H2,1-2H3,(H2,19,23,24). The normalized spacial score (nSPS) is 20.5. The molecular weight excluding hydrogens is 424 g/mol. The number of nitrogens with two attached hydrogens (primary N) is 1. The second-order valence-electron chi connectivity index (χ2n) is 6.68. The van der Waals surface area contributed by atoms with E-state index in [1.807, 2.05) is 0 Å². The molecule has 144 valence electrons. The molecular formula is C17H23BrN2O5S. The van der Waals surface area contributed by atoms with Crippen LogP contribution in [0.5, 0.6) is 0 Å². The van der Waals surface area contributed by atoms with Crippen LogP contribution in [0.1, 0.15) is 43.0 Å². The van der Waals surface area contributed by atoms with Gasteiger partial charge in [0.2, 0.25) is 10.0 Å². The van der Waals surface area contributed by atoms with Gasteiger partial charge in [-0.3, -0.25) is 4.79 Å². The van der Waals surface area contributed by atoms with E-state index in [-0.39, 0.29) is 22.4 Å². The number of hydrogen-bond donors (Lipinski definition) is 1. The molecule has 0 atom stereocenters. The molecule has 1 fully saturated rings. The molecule has 0 spiro atoms. The fourth-order valence-electron chi connectivity index (χ4n) is 2.98. The Balaban J connectivity index is 1.99. The highest BCUT2D eigenvalue weighted by Crippen LogP contribution is 2.26. The molecule has 1 amide bonds. The number of carbonyl (C=O) groups is 2. The van der Waals surface area contributed by atoms with E-state index in [4.69, 9.17) is 9.88 Å². The van der Waals surface area contributed by atoms with E-state index in [9.17, 15) is 18.0 Å². The monoisotopic (exact) mass is 446 g/mol. The largest absolute Gasteiger partial charge is 0.452 e. The third-order valence-corrected chi connectivity index (χ3v) is 6.34. The number of halogens is 1. The number of likely N-dealkylation sites (N-methyl/N-ethyl adjacent to an activating group) is 1. The van der Waals surface area contributed by atoms with Crippen molar-refractivity contribution in [2.75, 3.05) is 13.7 Å². The fourth-order valence-corrected chi connectivity index (χ4v) is 3.93. The lowest BCUT2D eigenvalue weighted by atomic mass is 9.87. The lowest BCUT2D eigenvalue weighted by Gasteiger charge is -2.33. The zero-order valence-corrected chi connectivity index (χ0v) is 17.2. The molecule has 1 aliphatic carbocycles. The number of rotatable bonds is 5. The van der Waals surface area contributed by atoms with Crippen molar-refractivity contribution in [1.29, 1.82) is 0 Å². The van der Waals surface area contributed by atoms with Gasteiger partial charge < -0.3 is 9.64 Å². The zero-order chi connectivity index (χ0) is 19.5. The van der Waals surface area contributed by atoms with Gasteiger partial charge in [-0.25, -0.2) is 18.4 Å². The van der Waals surface area contributed by atoms with Crippen molar-refractivity contribution in [1.82, 2.24) is 4.90 Å². The summed E-state index contributed by atoms with van der Waals surface area (Å²) in [5.41, 5.74) is -0.00142. The number of esters is 1. The van der Waals surface area contributed by atoms with Crippen LogP contribution < -0.4 is 5.14 Å². The molecule has 0 aromatic heterocycles. The molecule has 0 saturated heterocycles. The molecule has 0 heterocycles. The van der Waals surface area contributed by atoms with Crippen LogP contribution in [0.3, 0.4) is 0 Å². The topological polar surface area (TPSA) is 107 Å². The van der Waals surface area contributed by atoms with Crippen LogP contribution in [0.25, 0.3) is 0 Å². The molecule has 1 aliphatic rings. The van der Waals surface area contributed by atoms with Crippen molar-refractivity contribution in [3.05, 3.63) is 28.2 Å².